The number of aromatic nitrogens is 1. The molecule has 0 aliphatic carbocycles. The van der Waals surface area contributed by atoms with Crippen LogP contribution in [0.1, 0.15) is 38.1 Å². The Bertz CT molecular complexity index is 376. The maximum atomic E-state index is 4.72. The van der Waals surface area contributed by atoms with Crippen LogP contribution in [-0.4, -0.2) is 29.5 Å². The predicted octanol–water partition coefficient (Wildman–Crippen LogP) is 2.42. The van der Waals surface area contributed by atoms with Crippen LogP contribution in [-0.2, 0) is 13.1 Å². The van der Waals surface area contributed by atoms with E-state index in [4.69, 9.17) is 4.98 Å². The van der Waals surface area contributed by atoms with Crippen molar-refractivity contribution in [3.8, 4) is 0 Å². The van der Waals surface area contributed by atoms with Crippen LogP contribution in [0.5, 0.6) is 0 Å². The van der Waals surface area contributed by atoms with Gasteiger partial charge in [0.2, 0.25) is 0 Å². The fraction of sp³-hybridized carbons (Fsp3) is 0.667. The Morgan fingerprint density at radius 3 is 2.89 bits per heavy atom. The van der Waals surface area contributed by atoms with Crippen molar-refractivity contribution in [1.82, 2.24) is 15.2 Å². The van der Waals surface area contributed by atoms with Crippen LogP contribution in [0.2, 0.25) is 0 Å². The van der Waals surface area contributed by atoms with E-state index in [9.17, 15) is 0 Å². The molecule has 1 N–H and O–H groups in total. The fourth-order valence-corrected chi connectivity index (χ4v) is 2.91. The van der Waals surface area contributed by atoms with Gasteiger partial charge in [0.15, 0.2) is 0 Å². The molecule has 1 atom stereocenters. The van der Waals surface area contributed by atoms with E-state index in [-0.39, 0.29) is 0 Å². The summed E-state index contributed by atoms with van der Waals surface area (Å²) in [6.07, 6.45) is 2.67. The van der Waals surface area contributed by atoms with Gasteiger partial charge in [-0.2, -0.15) is 0 Å². The van der Waals surface area contributed by atoms with Crippen molar-refractivity contribution in [3.63, 3.8) is 0 Å². The second-order valence-electron chi connectivity index (χ2n) is 5.57. The van der Waals surface area contributed by atoms with Crippen molar-refractivity contribution in [3.05, 3.63) is 29.6 Å². The van der Waals surface area contributed by atoms with Crippen LogP contribution >= 0.6 is 0 Å². The lowest BCUT2D eigenvalue weighted by Gasteiger charge is -2.27. The number of rotatable bonds is 5. The lowest BCUT2D eigenvalue weighted by atomic mass is 10.0. The third-order valence-electron chi connectivity index (χ3n) is 3.77. The molecule has 1 fully saturated rings. The smallest absolute Gasteiger partial charge is 0.0547 e. The minimum absolute atomic E-state index is 0.736. The lowest BCUT2D eigenvalue weighted by molar-refractivity contribution is 0.196. The standard InChI is InChI=1S/C15H25N3/c1-12(2)15-8-5-9-18(15)11-14-7-4-6-13(17-14)10-16-3/h4,6-7,12,15-16H,5,8-11H2,1-3H3. The summed E-state index contributed by atoms with van der Waals surface area (Å²) in [4.78, 5) is 7.31. The van der Waals surface area contributed by atoms with Crippen LogP contribution in [0.25, 0.3) is 0 Å². The molecular formula is C15H25N3. The number of nitrogens with zero attached hydrogens (tertiary/aromatic N) is 2. The molecular weight excluding hydrogens is 222 g/mol. The Labute approximate surface area is 111 Å². The van der Waals surface area contributed by atoms with E-state index in [2.05, 4.69) is 42.3 Å². The molecule has 0 aromatic carbocycles. The van der Waals surface area contributed by atoms with Crippen molar-refractivity contribution in [2.75, 3.05) is 13.6 Å². The average molecular weight is 247 g/mol. The zero-order valence-corrected chi connectivity index (χ0v) is 11.8. The van der Waals surface area contributed by atoms with Gasteiger partial charge >= 0.3 is 0 Å². The second kappa shape index (κ2) is 6.30. The molecule has 0 saturated carbocycles. The van der Waals surface area contributed by atoms with Gasteiger partial charge in [-0.3, -0.25) is 9.88 Å². The van der Waals surface area contributed by atoms with Crippen LogP contribution in [0.3, 0.4) is 0 Å². The van der Waals surface area contributed by atoms with Crippen LogP contribution in [0.4, 0.5) is 0 Å². The molecule has 3 heteroatoms. The average Bonchev–Trinajstić information content (AvgIpc) is 2.78. The van der Waals surface area contributed by atoms with Crippen molar-refractivity contribution in [1.29, 1.82) is 0 Å². The molecule has 1 aromatic heterocycles. The Balaban J connectivity index is 2.02. The van der Waals surface area contributed by atoms with E-state index in [0.717, 1.165) is 30.7 Å². The molecule has 0 spiro atoms. The highest BCUT2D eigenvalue weighted by atomic mass is 15.2. The number of pyridine rings is 1. The van der Waals surface area contributed by atoms with Crippen LogP contribution < -0.4 is 5.32 Å². The monoisotopic (exact) mass is 247 g/mol. The highest BCUT2D eigenvalue weighted by Crippen LogP contribution is 2.25. The molecule has 1 aromatic rings. The first-order chi connectivity index (χ1) is 8.70. The number of hydrogen-bond donors (Lipinski definition) is 1. The summed E-state index contributed by atoms with van der Waals surface area (Å²) in [5.41, 5.74) is 2.34. The summed E-state index contributed by atoms with van der Waals surface area (Å²) in [5.74, 6) is 0.744. The van der Waals surface area contributed by atoms with Gasteiger partial charge in [-0.15, -0.1) is 0 Å². The maximum Gasteiger partial charge on any atom is 0.0547 e. The molecule has 1 saturated heterocycles. The normalized spacial score (nSPS) is 20.8. The first kappa shape index (κ1) is 13.5. The summed E-state index contributed by atoms with van der Waals surface area (Å²) < 4.78 is 0. The van der Waals surface area contributed by atoms with Crippen molar-refractivity contribution < 1.29 is 0 Å². The first-order valence-electron chi connectivity index (χ1n) is 7.04. The molecule has 1 aliphatic rings. The SMILES string of the molecule is CNCc1cccc(CN2CCCC2C(C)C)n1. The number of nitrogens with one attached hydrogen (secondary N) is 1. The maximum absolute atomic E-state index is 4.72. The van der Waals surface area contributed by atoms with Gasteiger partial charge in [-0.1, -0.05) is 19.9 Å². The molecule has 3 nitrogen and oxygen atoms in total. The Kier molecular flexibility index (Phi) is 4.72. The van der Waals surface area contributed by atoms with E-state index < -0.39 is 0 Å². The molecule has 2 rings (SSSR count). The zero-order chi connectivity index (χ0) is 13.0. The number of likely N-dealkylation sites (tertiary alicyclic amines) is 1. The third-order valence-corrected chi connectivity index (χ3v) is 3.77. The molecule has 0 bridgehead atoms. The second-order valence-corrected chi connectivity index (χ2v) is 5.57. The molecule has 2 heterocycles. The molecule has 1 aliphatic heterocycles. The Hall–Kier alpha value is -0.930. The molecule has 100 valence electrons. The summed E-state index contributed by atoms with van der Waals surface area (Å²) in [5, 5.41) is 3.16. The van der Waals surface area contributed by atoms with Gasteiger partial charge in [0, 0.05) is 19.1 Å². The Morgan fingerprint density at radius 2 is 2.17 bits per heavy atom. The predicted molar refractivity (Wildman–Crippen MR) is 75.3 cm³/mol. The number of hydrogen-bond acceptors (Lipinski definition) is 3. The van der Waals surface area contributed by atoms with Crippen LogP contribution in [0.15, 0.2) is 18.2 Å². The van der Waals surface area contributed by atoms with Gasteiger partial charge in [0.1, 0.15) is 0 Å². The molecule has 18 heavy (non-hydrogen) atoms. The topological polar surface area (TPSA) is 28.2 Å². The van der Waals surface area contributed by atoms with Crippen molar-refractivity contribution in [2.24, 2.45) is 5.92 Å². The van der Waals surface area contributed by atoms with E-state index >= 15 is 0 Å². The van der Waals surface area contributed by atoms with Gasteiger partial charge in [-0.25, -0.2) is 0 Å². The van der Waals surface area contributed by atoms with E-state index in [1.165, 1.54) is 25.1 Å². The van der Waals surface area contributed by atoms with E-state index in [1.807, 2.05) is 7.05 Å². The van der Waals surface area contributed by atoms with Gasteiger partial charge in [0.25, 0.3) is 0 Å². The summed E-state index contributed by atoms with van der Waals surface area (Å²) in [7, 11) is 1.96. The summed E-state index contributed by atoms with van der Waals surface area (Å²) in [6.45, 7) is 7.73. The van der Waals surface area contributed by atoms with Gasteiger partial charge in [0.05, 0.1) is 11.4 Å². The van der Waals surface area contributed by atoms with Crippen molar-refractivity contribution in [2.45, 2.75) is 45.8 Å². The highest BCUT2D eigenvalue weighted by molar-refractivity contribution is 5.11. The largest absolute Gasteiger partial charge is 0.314 e. The van der Waals surface area contributed by atoms with E-state index in [0.29, 0.717) is 0 Å². The fourth-order valence-electron chi connectivity index (χ4n) is 2.91. The van der Waals surface area contributed by atoms with E-state index in [1.54, 1.807) is 0 Å². The highest BCUT2D eigenvalue weighted by Gasteiger charge is 2.26. The minimum Gasteiger partial charge on any atom is -0.314 e. The molecule has 0 radical (unpaired) electrons. The quantitative estimate of drug-likeness (QED) is 0.866. The third kappa shape index (κ3) is 3.30. The summed E-state index contributed by atoms with van der Waals surface area (Å²) in [6, 6.07) is 7.09. The van der Waals surface area contributed by atoms with Gasteiger partial charge in [-0.05, 0) is 44.5 Å². The summed E-state index contributed by atoms with van der Waals surface area (Å²) >= 11 is 0. The zero-order valence-electron chi connectivity index (χ0n) is 11.8. The van der Waals surface area contributed by atoms with Gasteiger partial charge < -0.3 is 5.32 Å². The minimum atomic E-state index is 0.736. The molecule has 0 amide bonds. The first-order valence-corrected chi connectivity index (χ1v) is 7.04. The molecule has 1 unspecified atom stereocenters. The van der Waals surface area contributed by atoms with Crippen molar-refractivity contribution >= 4 is 0 Å². The van der Waals surface area contributed by atoms with Crippen LogP contribution in [0, 0.1) is 5.92 Å². The lowest BCUT2D eigenvalue weighted by Crippen LogP contribution is -2.33. The Morgan fingerprint density at radius 1 is 1.39 bits per heavy atom.